The second kappa shape index (κ2) is 10.1. The third-order valence-electron chi connectivity index (χ3n) is 8.75. The highest BCUT2D eigenvalue weighted by Crippen LogP contribution is 2.49. The molecule has 2 N–H and O–H groups in total. The molecular formula is C27H45N3O2. The summed E-state index contributed by atoms with van der Waals surface area (Å²) in [4.78, 5) is 21.7. The molecule has 1 saturated heterocycles. The first-order valence-corrected chi connectivity index (χ1v) is 12.8. The first-order chi connectivity index (χ1) is 15.2. The SMILES string of the molecule is CCC1(C)CC(N(C(N)=O)C2CCCCC2)C(C)C(C)(CC)N1OC(C)c1ccccc1. The van der Waals surface area contributed by atoms with Gasteiger partial charge in [-0.15, -0.1) is 0 Å². The van der Waals surface area contributed by atoms with Gasteiger partial charge in [-0.25, -0.2) is 4.79 Å². The van der Waals surface area contributed by atoms with Crippen molar-refractivity contribution in [3.63, 3.8) is 0 Å². The number of amides is 2. The van der Waals surface area contributed by atoms with E-state index in [-0.39, 0.29) is 41.2 Å². The fourth-order valence-corrected chi connectivity index (χ4v) is 6.18. The van der Waals surface area contributed by atoms with E-state index in [0.29, 0.717) is 0 Å². The molecule has 2 fully saturated rings. The first-order valence-electron chi connectivity index (χ1n) is 12.8. The molecule has 2 aliphatic rings. The smallest absolute Gasteiger partial charge is 0.315 e. The minimum Gasteiger partial charge on any atom is -0.351 e. The Kier molecular flexibility index (Phi) is 7.93. The van der Waals surface area contributed by atoms with E-state index in [1.165, 1.54) is 24.8 Å². The maximum Gasteiger partial charge on any atom is 0.315 e. The van der Waals surface area contributed by atoms with Crippen molar-refractivity contribution in [3.8, 4) is 0 Å². The van der Waals surface area contributed by atoms with Crippen molar-refractivity contribution in [2.45, 2.75) is 122 Å². The van der Waals surface area contributed by atoms with Gasteiger partial charge in [-0.1, -0.05) is 70.4 Å². The lowest BCUT2D eigenvalue weighted by Gasteiger charge is -2.62. The van der Waals surface area contributed by atoms with E-state index < -0.39 is 0 Å². The Bertz CT molecular complexity index is 751. The topological polar surface area (TPSA) is 58.8 Å². The van der Waals surface area contributed by atoms with Crippen molar-refractivity contribution in [3.05, 3.63) is 35.9 Å². The van der Waals surface area contributed by atoms with Gasteiger partial charge in [0, 0.05) is 23.2 Å². The van der Waals surface area contributed by atoms with Gasteiger partial charge < -0.3 is 10.6 Å². The van der Waals surface area contributed by atoms with Crippen LogP contribution < -0.4 is 5.73 Å². The molecule has 1 aromatic carbocycles. The van der Waals surface area contributed by atoms with Crippen molar-refractivity contribution < 1.29 is 9.63 Å². The molecule has 5 atom stereocenters. The van der Waals surface area contributed by atoms with Crippen LogP contribution in [0.15, 0.2) is 30.3 Å². The Hall–Kier alpha value is -1.59. The van der Waals surface area contributed by atoms with E-state index in [2.05, 4.69) is 75.8 Å². The zero-order valence-electron chi connectivity index (χ0n) is 21.1. The molecule has 5 nitrogen and oxygen atoms in total. The Labute approximate surface area is 195 Å². The van der Waals surface area contributed by atoms with E-state index in [4.69, 9.17) is 10.6 Å². The van der Waals surface area contributed by atoms with Gasteiger partial charge in [0.2, 0.25) is 0 Å². The molecule has 0 spiro atoms. The van der Waals surface area contributed by atoms with Crippen LogP contribution in [0.5, 0.6) is 0 Å². The number of hydrogen-bond donors (Lipinski definition) is 1. The number of rotatable bonds is 7. The molecular weight excluding hydrogens is 398 g/mol. The van der Waals surface area contributed by atoms with E-state index in [0.717, 1.165) is 32.1 Å². The number of nitrogens with two attached hydrogens (primary N) is 1. The molecule has 1 saturated carbocycles. The monoisotopic (exact) mass is 443 g/mol. The maximum absolute atomic E-state index is 12.8. The highest BCUT2D eigenvalue weighted by atomic mass is 16.7. The van der Waals surface area contributed by atoms with Gasteiger partial charge in [0.15, 0.2) is 0 Å². The lowest BCUT2D eigenvalue weighted by atomic mass is 9.67. The van der Waals surface area contributed by atoms with E-state index in [1.54, 1.807) is 0 Å². The Morgan fingerprint density at radius 2 is 1.78 bits per heavy atom. The summed E-state index contributed by atoms with van der Waals surface area (Å²) >= 11 is 0. The molecule has 0 bridgehead atoms. The van der Waals surface area contributed by atoms with Crippen molar-refractivity contribution in [1.29, 1.82) is 0 Å². The third kappa shape index (κ3) is 4.70. The number of nitrogens with zero attached hydrogens (tertiary/aromatic N) is 2. The molecule has 5 heteroatoms. The molecule has 1 aliphatic heterocycles. The maximum atomic E-state index is 12.8. The van der Waals surface area contributed by atoms with Gasteiger partial charge in [0.1, 0.15) is 6.10 Å². The average molecular weight is 444 g/mol. The zero-order valence-corrected chi connectivity index (χ0v) is 21.1. The van der Waals surface area contributed by atoms with Crippen LogP contribution in [0, 0.1) is 5.92 Å². The van der Waals surface area contributed by atoms with Crippen molar-refractivity contribution in [2.75, 3.05) is 0 Å². The predicted octanol–water partition coefficient (Wildman–Crippen LogP) is 6.44. The van der Waals surface area contributed by atoms with Crippen LogP contribution in [0.1, 0.15) is 105 Å². The summed E-state index contributed by atoms with van der Waals surface area (Å²) < 4.78 is 0. The van der Waals surface area contributed by atoms with Gasteiger partial charge in [-0.2, -0.15) is 5.06 Å². The molecule has 5 unspecified atom stereocenters. The van der Waals surface area contributed by atoms with Gasteiger partial charge in [-0.05, 0) is 64.4 Å². The summed E-state index contributed by atoms with van der Waals surface area (Å²) in [6.45, 7) is 13.5. The fraction of sp³-hybridized carbons (Fsp3) is 0.741. The van der Waals surface area contributed by atoms with Crippen LogP contribution in [-0.2, 0) is 4.84 Å². The van der Waals surface area contributed by atoms with E-state index in [1.807, 2.05) is 6.07 Å². The van der Waals surface area contributed by atoms with E-state index in [9.17, 15) is 4.79 Å². The van der Waals surface area contributed by atoms with Crippen molar-refractivity contribution >= 4 is 6.03 Å². The summed E-state index contributed by atoms with van der Waals surface area (Å²) in [7, 11) is 0. The van der Waals surface area contributed by atoms with Crippen LogP contribution in [0.2, 0.25) is 0 Å². The van der Waals surface area contributed by atoms with Gasteiger partial charge in [0.05, 0.1) is 0 Å². The fourth-order valence-electron chi connectivity index (χ4n) is 6.18. The molecule has 180 valence electrons. The first kappa shape index (κ1) is 25.0. The molecule has 1 aliphatic carbocycles. The number of carbonyl (C=O) groups is 1. The Morgan fingerprint density at radius 3 is 2.31 bits per heavy atom. The summed E-state index contributed by atoms with van der Waals surface area (Å²) in [5, 5.41) is 2.30. The number of carbonyl (C=O) groups excluding carboxylic acids is 1. The Morgan fingerprint density at radius 1 is 1.16 bits per heavy atom. The number of piperidine rings is 1. The van der Waals surface area contributed by atoms with Crippen LogP contribution in [0.4, 0.5) is 4.79 Å². The number of hydrogen-bond acceptors (Lipinski definition) is 3. The number of urea groups is 1. The number of primary amides is 1. The summed E-state index contributed by atoms with van der Waals surface area (Å²) in [6.07, 6.45) is 8.52. The molecule has 32 heavy (non-hydrogen) atoms. The predicted molar refractivity (Wildman–Crippen MR) is 131 cm³/mol. The van der Waals surface area contributed by atoms with Crippen molar-refractivity contribution in [2.24, 2.45) is 11.7 Å². The Balaban J connectivity index is 1.95. The van der Waals surface area contributed by atoms with Crippen molar-refractivity contribution in [1.82, 2.24) is 9.96 Å². The molecule has 0 radical (unpaired) electrons. The van der Waals surface area contributed by atoms with Crippen LogP contribution >= 0.6 is 0 Å². The summed E-state index contributed by atoms with van der Waals surface area (Å²) in [6, 6.07) is 10.6. The van der Waals surface area contributed by atoms with Gasteiger partial charge >= 0.3 is 6.03 Å². The highest BCUT2D eigenvalue weighted by Gasteiger charge is 2.56. The molecule has 1 heterocycles. The molecule has 3 rings (SSSR count). The number of hydroxylamine groups is 2. The zero-order chi connectivity index (χ0) is 23.5. The lowest BCUT2D eigenvalue weighted by molar-refractivity contribution is -0.331. The summed E-state index contributed by atoms with van der Waals surface area (Å²) in [5.74, 6) is 0.240. The quantitative estimate of drug-likeness (QED) is 0.527. The second-order valence-electron chi connectivity index (χ2n) is 10.6. The minimum absolute atomic E-state index is 0.0395. The minimum atomic E-state index is -0.252. The standard InChI is InChI=1S/C27H45N3O2/c1-7-26(5)19-24(29(25(28)31)23-17-13-10-14-18-23)20(3)27(6,8-2)30(26)32-21(4)22-15-11-9-12-16-22/h9,11-12,15-16,20-21,23-24H,7-8,10,13-14,17-19H2,1-6H3,(H2,28,31). The van der Waals surface area contributed by atoms with Crippen LogP contribution in [0.3, 0.4) is 0 Å². The van der Waals surface area contributed by atoms with Gasteiger partial charge in [0.25, 0.3) is 0 Å². The summed E-state index contributed by atoms with van der Waals surface area (Å²) in [5.41, 5.74) is 6.84. The highest BCUT2D eigenvalue weighted by molar-refractivity contribution is 5.73. The third-order valence-corrected chi connectivity index (χ3v) is 8.75. The van der Waals surface area contributed by atoms with Gasteiger partial charge in [-0.3, -0.25) is 4.84 Å². The van der Waals surface area contributed by atoms with E-state index >= 15 is 0 Å². The normalized spacial score (nSPS) is 33.1. The molecule has 0 aromatic heterocycles. The number of benzene rings is 1. The lowest BCUT2D eigenvalue weighted by Crippen LogP contribution is -2.71. The largest absolute Gasteiger partial charge is 0.351 e. The molecule has 2 amide bonds. The molecule has 1 aromatic rings. The van der Waals surface area contributed by atoms with Crippen LogP contribution in [-0.4, -0.2) is 39.2 Å². The second-order valence-corrected chi connectivity index (χ2v) is 10.6. The van der Waals surface area contributed by atoms with Crippen LogP contribution in [0.25, 0.3) is 0 Å². The average Bonchev–Trinajstić information content (AvgIpc) is 2.81.